The molecule has 0 aliphatic rings. The highest BCUT2D eigenvalue weighted by molar-refractivity contribution is 9.10. The first-order chi connectivity index (χ1) is 4.70. The first kappa shape index (κ1) is 7.66. The van der Waals surface area contributed by atoms with Crippen LogP contribution in [0, 0.1) is 0 Å². The van der Waals surface area contributed by atoms with Crippen LogP contribution >= 0.6 is 15.9 Å². The van der Waals surface area contributed by atoms with Gasteiger partial charge in [-0.15, -0.1) is 0 Å². The quantitative estimate of drug-likeness (QED) is 0.696. The molecule has 3 heteroatoms. The van der Waals surface area contributed by atoms with E-state index >= 15 is 0 Å². The molecular formula is C7H9BrN2. The fourth-order valence-corrected chi connectivity index (χ4v) is 0.825. The van der Waals surface area contributed by atoms with Crippen molar-refractivity contribution in [2.75, 3.05) is 0 Å². The number of hydrogen-bond acceptors (Lipinski definition) is 2. The summed E-state index contributed by atoms with van der Waals surface area (Å²) in [4.78, 5) is 8.24. The molecule has 0 spiro atoms. The molecule has 2 nitrogen and oxygen atoms in total. The fourth-order valence-electron chi connectivity index (χ4n) is 0.620. The molecule has 0 saturated carbocycles. The van der Waals surface area contributed by atoms with Crippen molar-refractivity contribution >= 4 is 15.9 Å². The third kappa shape index (κ3) is 1.77. The zero-order valence-electron chi connectivity index (χ0n) is 6.00. The fraction of sp³-hybridized carbons (Fsp3) is 0.429. The van der Waals surface area contributed by atoms with Gasteiger partial charge in [-0.1, -0.05) is 13.8 Å². The van der Waals surface area contributed by atoms with Gasteiger partial charge in [0, 0.05) is 18.3 Å². The minimum atomic E-state index is 0.410. The molecule has 0 atom stereocenters. The highest BCUT2D eigenvalue weighted by Gasteiger charge is 1.99. The van der Waals surface area contributed by atoms with Gasteiger partial charge in [0.05, 0.1) is 4.47 Å². The lowest BCUT2D eigenvalue weighted by Crippen LogP contribution is -1.94. The van der Waals surface area contributed by atoms with Crippen molar-refractivity contribution in [3.8, 4) is 0 Å². The summed E-state index contributed by atoms with van der Waals surface area (Å²) in [5, 5.41) is 0. The van der Waals surface area contributed by atoms with Gasteiger partial charge >= 0.3 is 0 Å². The van der Waals surface area contributed by atoms with E-state index in [4.69, 9.17) is 0 Å². The maximum absolute atomic E-state index is 4.12. The number of nitrogens with zero attached hydrogens (tertiary/aromatic N) is 2. The summed E-state index contributed by atoms with van der Waals surface area (Å²) in [6.07, 6.45) is 3.53. The molecular weight excluding hydrogens is 192 g/mol. The monoisotopic (exact) mass is 200 g/mol. The third-order valence-electron chi connectivity index (χ3n) is 1.16. The van der Waals surface area contributed by atoms with E-state index in [-0.39, 0.29) is 0 Å². The Kier molecular flexibility index (Phi) is 2.38. The Morgan fingerprint density at radius 3 is 2.20 bits per heavy atom. The molecule has 1 rings (SSSR count). The Morgan fingerprint density at radius 1 is 1.30 bits per heavy atom. The molecule has 0 saturated heterocycles. The molecule has 1 aromatic heterocycles. The predicted molar refractivity (Wildman–Crippen MR) is 43.8 cm³/mol. The first-order valence-corrected chi connectivity index (χ1v) is 3.97. The van der Waals surface area contributed by atoms with Gasteiger partial charge < -0.3 is 0 Å². The summed E-state index contributed by atoms with van der Waals surface area (Å²) in [6, 6.07) is 0. The van der Waals surface area contributed by atoms with Gasteiger partial charge in [-0.2, -0.15) is 0 Å². The van der Waals surface area contributed by atoms with Gasteiger partial charge in [-0.05, 0) is 15.9 Å². The molecule has 1 heterocycles. The Bertz CT molecular complexity index is 205. The van der Waals surface area contributed by atoms with Crippen LogP contribution in [0.1, 0.15) is 25.6 Å². The smallest absolute Gasteiger partial charge is 0.130 e. The van der Waals surface area contributed by atoms with Crippen molar-refractivity contribution in [1.29, 1.82) is 0 Å². The average molecular weight is 201 g/mol. The summed E-state index contributed by atoms with van der Waals surface area (Å²) in [5.41, 5.74) is 0. The Hall–Kier alpha value is -0.440. The van der Waals surface area contributed by atoms with Crippen molar-refractivity contribution in [3.63, 3.8) is 0 Å². The molecule has 0 bridgehead atoms. The molecule has 0 aromatic carbocycles. The standard InChI is InChI=1S/C7H9BrN2/c1-5(2)7-9-3-6(8)4-10-7/h3-5H,1-2H3. The Morgan fingerprint density at radius 2 is 1.80 bits per heavy atom. The predicted octanol–water partition coefficient (Wildman–Crippen LogP) is 2.36. The van der Waals surface area contributed by atoms with Crippen LogP contribution in [0.4, 0.5) is 0 Å². The van der Waals surface area contributed by atoms with E-state index in [1.165, 1.54) is 0 Å². The number of halogens is 1. The number of aromatic nitrogens is 2. The van der Waals surface area contributed by atoms with Gasteiger partial charge in [0.15, 0.2) is 0 Å². The number of rotatable bonds is 1. The van der Waals surface area contributed by atoms with Crippen LogP contribution in [0.3, 0.4) is 0 Å². The van der Waals surface area contributed by atoms with Crippen LogP contribution in [0.2, 0.25) is 0 Å². The number of hydrogen-bond donors (Lipinski definition) is 0. The van der Waals surface area contributed by atoms with E-state index in [1.807, 2.05) is 0 Å². The lowest BCUT2D eigenvalue weighted by molar-refractivity contribution is 0.772. The van der Waals surface area contributed by atoms with Crippen LogP contribution in [-0.4, -0.2) is 9.97 Å². The van der Waals surface area contributed by atoms with E-state index in [2.05, 4.69) is 39.7 Å². The highest BCUT2D eigenvalue weighted by Crippen LogP contribution is 2.10. The average Bonchev–Trinajstić information content (AvgIpc) is 1.88. The van der Waals surface area contributed by atoms with Gasteiger partial charge in [0.1, 0.15) is 5.82 Å². The SMILES string of the molecule is CC(C)c1ncc(Br)cn1. The molecule has 0 aliphatic carbocycles. The van der Waals surface area contributed by atoms with Gasteiger partial charge in [-0.25, -0.2) is 9.97 Å². The van der Waals surface area contributed by atoms with Crippen molar-refractivity contribution in [3.05, 3.63) is 22.7 Å². The summed E-state index contributed by atoms with van der Waals surface area (Å²) in [6.45, 7) is 4.15. The van der Waals surface area contributed by atoms with Crippen LogP contribution in [0.15, 0.2) is 16.9 Å². The maximum Gasteiger partial charge on any atom is 0.130 e. The lowest BCUT2D eigenvalue weighted by atomic mass is 10.2. The Balaban J connectivity index is 2.89. The van der Waals surface area contributed by atoms with E-state index in [9.17, 15) is 0 Å². The summed E-state index contributed by atoms with van der Waals surface area (Å²) >= 11 is 3.27. The maximum atomic E-state index is 4.12. The van der Waals surface area contributed by atoms with E-state index in [0.717, 1.165) is 10.3 Å². The van der Waals surface area contributed by atoms with Crippen LogP contribution < -0.4 is 0 Å². The highest BCUT2D eigenvalue weighted by atomic mass is 79.9. The van der Waals surface area contributed by atoms with Crippen molar-refractivity contribution in [2.24, 2.45) is 0 Å². The van der Waals surface area contributed by atoms with E-state index < -0.39 is 0 Å². The zero-order chi connectivity index (χ0) is 7.56. The summed E-state index contributed by atoms with van der Waals surface area (Å²) in [7, 11) is 0. The van der Waals surface area contributed by atoms with Crippen molar-refractivity contribution < 1.29 is 0 Å². The van der Waals surface area contributed by atoms with Gasteiger partial charge in [0.25, 0.3) is 0 Å². The molecule has 0 fully saturated rings. The van der Waals surface area contributed by atoms with Crippen LogP contribution in [0.25, 0.3) is 0 Å². The normalized spacial score (nSPS) is 10.4. The van der Waals surface area contributed by atoms with Crippen molar-refractivity contribution in [2.45, 2.75) is 19.8 Å². The lowest BCUT2D eigenvalue weighted by Gasteiger charge is -2.00. The van der Waals surface area contributed by atoms with Gasteiger partial charge in [0.2, 0.25) is 0 Å². The molecule has 0 radical (unpaired) electrons. The molecule has 0 amide bonds. The molecule has 0 unspecified atom stereocenters. The molecule has 0 N–H and O–H groups in total. The molecule has 0 aliphatic heterocycles. The molecule has 1 aromatic rings. The molecule has 54 valence electrons. The second-order valence-corrected chi connectivity index (χ2v) is 3.33. The second-order valence-electron chi connectivity index (χ2n) is 2.41. The largest absolute Gasteiger partial charge is 0.240 e. The molecule has 10 heavy (non-hydrogen) atoms. The van der Waals surface area contributed by atoms with E-state index in [0.29, 0.717) is 5.92 Å². The first-order valence-electron chi connectivity index (χ1n) is 3.17. The van der Waals surface area contributed by atoms with E-state index in [1.54, 1.807) is 12.4 Å². The van der Waals surface area contributed by atoms with Crippen LogP contribution in [-0.2, 0) is 0 Å². The zero-order valence-corrected chi connectivity index (χ0v) is 7.59. The minimum absolute atomic E-state index is 0.410. The minimum Gasteiger partial charge on any atom is -0.240 e. The topological polar surface area (TPSA) is 25.8 Å². The summed E-state index contributed by atoms with van der Waals surface area (Å²) in [5.74, 6) is 1.30. The second kappa shape index (κ2) is 3.10. The van der Waals surface area contributed by atoms with Crippen LogP contribution in [0.5, 0.6) is 0 Å². The third-order valence-corrected chi connectivity index (χ3v) is 1.57. The summed E-state index contributed by atoms with van der Waals surface area (Å²) < 4.78 is 0.928. The van der Waals surface area contributed by atoms with Gasteiger partial charge in [-0.3, -0.25) is 0 Å². The van der Waals surface area contributed by atoms with Crippen molar-refractivity contribution in [1.82, 2.24) is 9.97 Å². The Labute approximate surface area is 68.8 Å².